The van der Waals surface area contributed by atoms with Crippen LogP contribution in [0, 0.1) is 27.7 Å². The highest BCUT2D eigenvalue weighted by Gasteiger charge is 2.20. The van der Waals surface area contributed by atoms with Crippen LogP contribution in [0.2, 0.25) is 0 Å². The number of nitrogens with zero attached hydrogens (tertiary/aromatic N) is 1. The lowest BCUT2D eigenvalue weighted by atomic mass is 9.99. The van der Waals surface area contributed by atoms with Crippen molar-refractivity contribution in [3.63, 3.8) is 0 Å². The predicted molar refractivity (Wildman–Crippen MR) is 77.8 cm³/mol. The molecule has 0 aliphatic carbocycles. The van der Waals surface area contributed by atoms with Crippen molar-refractivity contribution < 1.29 is 9.32 Å². The summed E-state index contributed by atoms with van der Waals surface area (Å²) in [4.78, 5) is 12.3. The summed E-state index contributed by atoms with van der Waals surface area (Å²) in [6, 6.07) is 6.19. The minimum atomic E-state index is -0.144. The highest BCUT2D eigenvalue weighted by atomic mass is 16.5. The van der Waals surface area contributed by atoms with Gasteiger partial charge in [0, 0.05) is 0 Å². The molecule has 2 aromatic rings. The number of hydrogen-bond donors (Lipinski definition) is 1. The molecule has 2 rings (SSSR count). The molecule has 1 N–H and O–H groups in total. The van der Waals surface area contributed by atoms with Gasteiger partial charge in [0.1, 0.15) is 11.3 Å². The Morgan fingerprint density at radius 3 is 2.55 bits per heavy atom. The summed E-state index contributed by atoms with van der Waals surface area (Å²) in [5.41, 5.74) is 4.63. The van der Waals surface area contributed by atoms with E-state index in [2.05, 4.69) is 28.7 Å². The number of carbonyl (C=O) groups excluding carboxylic acids is 1. The quantitative estimate of drug-likeness (QED) is 0.931. The van der Waals surface area contributed by atoms with Gasteiger partial charge in [0.25, 0.3) is 5.91 Å². The van der Waals surface area contributed by atoms with Crippen molar-refractivity contribution in [1.82, 2.24) is 10.5 Å². The van der Waals surface area contributed by atoms with Crippen molar-refractivity contribution >= 4 is 5.91 Å². The van der Waals surface area contributed by atoms with E-state index in [1.54, 1.807) is 13.8 Å². The molecule has 20 heavy (non-hydrogen) atoms. The molecule has 1 heterocycles. The molecule has 0 fully saturated rings. The van der Waals surface area contributed by atoms with E-state index in [0.29, 0.717) is 17.0 Å². The van der Waals surface area contributed by atoms with Gasteiger partial charge in [-0.25, -0.2) is 0 Å². The zero-order chi connectivity index (χ0) is 14.9. The SMILES string of the molecule is Cc1ccc(C)c([C@H](C)NC(=O)c2c(C)noc2C)c1. The first-order valence-corrected chi connectivity index (χ1v) is 6.71. The van der Waals surface area contributed by atoms with E-state index in [1.165, 1.54) is 11.1 Å². The average molecular weight is 272 g/mol. The first-order chi connectivity index (χ1) is 9.40. The third-order valence-corrected chi connectivity index (χ3v) is 3.51. The van der Waals surface area contributed by atoms with E-state index >= 15 is 0 Å². The Morgan fingerprint density at radius 2 is 1.95 bits per heavy atom. The van der Waals surface area contributed by atoms with Crippen LogP contribution in [0.25, 0.3) is 0 Å². The van der Waals surface area contributed by atoms with Crippen molar-refractivity contribution in [2.45, 2.75) is 40.7 Å². The lowest BCUT2D eigenvalue weighted by molar-refractivity contribution is 0.0937. The maximum Gasteiger partial charge on any atom is 0.257 e. The molecule has 1 aromatic heterocycles. The van der Waals surface area contributed by atoms with Gasteiger partial charge in [0.2, 0.25) is 0 Å². The number of amides is 1. The van der Waals surface area contributed by atoms with Crippen LogP contribution in [0.5, 0.6) is 0 Å². The molecule has 106 valence electrons. The van der Waals surface area contributed by atoms with Crippen LogP contribution >= 0.6 is 0 Å². The van der Waals surface area contributed by atoms with Gasteiger partial charge in [-0.1, -0.05) is 28.9 Å². The third kappa shape index (κ3) is 2.74. The summed E-state index contributed by atoms with van der Waals surface area (Å²) in [7, 11) is 0. The second kappa shape index (κ2) is 5.49. The predicted octanol–water partition coefficient (Wildman–Crippen LogP) is 3.40. The summed E-state index contributed by atoms with van der Waals surface area (Å²) in [5.74, 6) is 0.405. The molecule has 1 atom stereocenters. The number of carbonyl (C=O) groups is 1. The van der Waals surface area contributed by atoms with E-state index < -0.39 is 0 Å². The molecular formula is C16H20N2O2. The zero-order valence-electron chi connectivity index (χ0n) is 12.6. The number of nitrogens with one attached hydrogen (secondary N) is 1. The Morgan fingerprint density at radius 1 is 1.25 bits per heavy atom. The molecular weight excluding hydrogens is 252 g/mol. The smallest absolute Gasteiger partial charge is 0.257 e. The van der Waals surface area contributed by atoms with Crippen molar-refractivity contribution in [1.29, 1.82) is 0 Å². The van der Waals surface area contributed by atoms with Crippen molar-refractivity contribution in [3.05, 3.63) is 51.9 Å². The monoisotopic (exact) mass is 272 g/mol. The molecule has 1 aromatic carbocycles. The van der Waals surface area contributed by atoms with E-state index in [9.17, 15) is 4.79 Å². The number of aromatic nitrogens is 1. The van der Waals surface area contributed by atoms with Gasteiger partial charge in [-0.3, -0.25) is 4.79 Å². The van der Waals surface area contributed by atoms with Crippen LogP contribution < -0.4 is 5.32 Å². The fourth-order valence-corrected chi connectivity index (χ4v) is 2.38. The van der Waals surface area contributed by atoms with E-state index in [1.807, 2.05) is 20.8 Å². The van der Waals surface area contributed by atoms with Crippen molar-refractivity contribution in [3.8, 4) is 0 Å². The van der Waals surface area contributed by atoms with Crippen LogP contribution in [-0.4, -0.2) is 11.1 Å². The second-order valence-corrected chi connectivity index (χ2v) is 5.25. The van der Waals surface area contributed by atoms with Gasteiger partial charge in [0.15, 0.2) is 0 Å². The van der Waals surface area contributed by atoms with Gasteiger partial charge in [0.05, 0.1) is 11.7 Å². The van der Waals surface area contributed by atoms with Crippen LogP contribution in [0.4, 0.5) is 0 Å². The minimum absolute atomic E-state index is 0.0592. The van der Waals surface area contributed by atoms with Gasteiger partial charge in [-0.05, 0) is 45.7 Å². The number of benzene rings is 1. The molecule has 0 spiro atoms. The number of rotatable bonds is 3. The molecule has 0 saturated carbocycles. The molecule has 0 radical (unpaired) electrons. The first kappa shape index (κ1) is 14.3. The Balaban J connectivity index is 2.22. The summed E-state index contributed by atoms with van der Waals surface area (Å²) in [5, 5.41) is 6.82. The Bertz CT molecular complexity index is 624. The lowest BCUT2D eigenvalue weighted by Gasteiger charge is -2.17. The first-order valence-electron chi connectivity index (χ1n) is 6.71. The van der Waals surface area contributed by atoms with Gasteiger partial charge < -0.3 is 9.84 Å². The highest BCUT2D eigenvalue weighted by Crippen LogP contribution is 2.20. The molecule has 0 aliphatic rings. The normalized spacial score (nSPS) is 12.2. The minimum Gasteiger partial charge on any atom is -0.361 e. The summed E-state index contributed by atoms with van der Waals surface area (Å²) < 4.78 is 5.04. The highest BCUT2D eigenvalue weighted by molar-refractivity contribution is 5.96. The maximum atomic E-state index is 12.3. The Hall–Kier alpha value is -2.10. The molecule has 0 saturated heterocycles. The van der Waals surface area contributed by atoms with Crippen LogP contribution in [-0.2, 0) is 0 Å². The Kier molecular flexibility index (Phi) is 3.93. The van der Waals surface area contributed by atoms with E-state index in [4.69, 9.17) is 4.52 Å². The third-order valence-electron chi connectivity index (χ3n) is 3.51. The topological polar surface area (TPSA) is 55.1 Å². The van der Waals surface area contributed by atoms with E-state index in [0.717, 1.165) is 5.56 Å². The Labute approximate surface area is 119 Å². The molecule has 0 unspecified atom stereocenters. The van der Waals surface area contributed by atoms with Gasteiger partial charge in [-0.2, -0.15) is 0 Å². The molecule has 1 amide bonds. The standard InChI is InChI=1S/C16H20N2O2/c1-9-6-7-10(2)14(8-9)11(3)17-16(19)15-12(4)18-20-13(15)5/h6-8,11H,1-5H3,(H,17,19)/t11-/m0/s1. The van der Waals surface area contributed by atoms with E-state index in [-0.39, 0.29) is 11.9 Å². The average Bonchev–Trinajstić information content (AvgIpc) is 2.71. The summed E-state index contributed by atoms with van der Waals surface area (Å²) in [6.07, 6.45) is 0. The van der Waals surface area contributed by atoms with Crippen LogP contribution in [0.3, 0.4) is 0 Å². The molecule has 0 bridgehead atoms. The largest absolute Gasteiger partial charge is 0.361 e. The molecule has 4 heteroatoms. The summed E-state index contributed by atoms with van der Waals surface area (Å²) in [6.45, 7) is 9.60. The fourth-order valence-electron chi connectivity index (χ4n) is 2.38. The maximum absolute atomic E-state index is 12.3. The fraction of sp³-hybridized carbons (Fsp3) is 0.375. The van der Waals surface area contributed by atoms with Gasteiger partial charge >= 0.3 is 0 Å². The summed E-state index contributed by atoms with van der Waals surface area (Å²) >= 11 is 0. The second-order valence-electron chi connectivity index (χ2n) is 5.25. The lowest BCUT2D eigenvalue weighted by Crippen LogP contribution is -2.28. The number of aryl methyl sites for hydroxylation is 4. The van der Waals surface area contributed by atoms with Crippen molar-refractivity contribution in [2.24, 2.45) is 0 Å². The molecule has 4 nitrogen and oxygen atoms in total. The zero-order valence-corrected chi connectivity index (χ0v) is 12.6. The van der Waals surface area contributed by atoms with Crippen molar-refractivity contribution in [2.75, 3.05) is 0 Å². The number of hydrogen-bond acceptors (Lipinski definition) is 3. The molecule has 0 aliphatic heterocycles. The van der Waals surface area contributed by atoms with Gasteiger partial charge in [-0.15, -0.1) is 0 Å². The van der Waals surface area contributed by atoms with Crippen LogP contribution in [0.15, 0.2) is 22.7 Å². The van der Waals surface area contributed by atoms with Crippen LogP contribution in [0.1, 0.15) is 51.5 Å².